The van der Waals surface area contributed by atoms with E-state index >= 15 is 0 Å². The Kier molecular flexibility index (Phi) is 3.89. The van der Waals surface area contributed by atoms with Gasteiger partial charge in [-0.2, -0.15) is 0 Å². The number of carboxylic acids is 1. The number of hydrogen-bond acceptors (Lipinski definition) is 5. The standard InChI is InChI=1S/C15H13BO6/c17-15(18)13-11(20-8-10-4-2-1-3-5-10)6-7-12-14(13)22-16(19)9-21-12/h1-7,19H,8-9H2,(H,17,18). The van der Waals surface area contributed by atoms with Crippen molar-refractivity contribution < 1.29 is 29.1 Å². The van der Waals surface area contributed by atoms with Crippen LogP contribution in [-0.2, 0) is 6.61 Å². The van der Waals surface area contributed by atoms with Crippen LogP contribution >= 0.6 is 0 Å². The van der Waals surface area contributed by atoms with Gasteiger partial charge in [-0.25, -0.2) is 4.79 Å². The summed E-state index contributed by atoms with van der Waals surface area (Å²) in [5.74, 6) is -0.794. The number of fused-ring (bicyclic) bond motifs is 1. The lowest BCUT2D eigenvalue weighted by molar-refractivity contribution is 0.0687. The van der Waals surface area contributed by atoms with Gasteiger partial charge in [0.1, 0.15) is 24.4 Å². The maximum atomic E-state index is 11.5. The van der Waals surface area contributed by atoms with Crippen LogP contribution in [0.5, 0.6) is 17.2 Å². The molecule has 0 radical (unpaired) electrons. The molecule has 2 aromatic rings. The molecule has 0 saturated heterocycles. The van der Waals surface area contributed by atoms with Gasteiger partial charge in [0.05, 0.1) is 0 Å². The van der Waals surface area contributed by atoms with Crippen molar-refractivity contribution in [3.05, 3.63) is 53.6 Å². The number of benzene rings is 2. The first-order valence-corrected chi connectivity index (χ1v) is 6.69. The predicted octanol–water partition coefficient (Wildman–Crippen LogP) is 1.75. The van der Waals surface area contributed by atoms with Gasteiger partial charge in [-0.15, -0.1) is 0 Å². The minimum absolute atomic E-state index is 0.0168. The molecule has 1 aliphatic rings. The molecule has 0 spiro atoms. The highest BCUT2D eigenvalue weighted by Gasteiger charge is 2.31. The van der Waals surface area contributed by atoms with Crippen molar-refractivity contribution in [1.29, 1.82) is 0 Å². The molecule has 0 aliphatic carbocycles. The fourth-order valence-corrected chi connectivity index (χ4v) is 2.17. The molecule has 112 valence electrons. The summed E-state index contributed by atoms with van der Waals surface area (Å²) < 4.78 is 16.0. The van der Waals surface area contributed by atoms with Gasteiger partial charge in [0.2, 0.25) is 0 Å². The molecule has 0 unspecified atom stereocenters. The lowest BCUT2D eigenvalue weighted by Crippen LogP contribution is -2.34. The summed E-state index contributed by atoms with van der Waals surface area (Å²) in [6.07, 6.45) is 0. The summed E-state index contributed by atoms with van der Waals surface area (Å²) in [6, 6.07) is 12.5. The quantitative estimate of drug-likeness (QED) is 0.837. The van der Waals surface area contributed by atoms with Crippen LogP contribution in [0.4, 0.5) is 0 Å². The summed E-state index contributed by atoms with van der Waals surface area (Å²) >= 11 is 0. The van der Waals surface area contributed by atoms with Crippen molar-refractivity contribution in [2.45, 2.75) is 6.61 Å². The van der Waals surface area contributed by atoms with Crippen molar-refractivity contribution in [3.63, 3.8) is 0 Å². The first-order valence-electron chi connectivity index (χ1n) is 6.69. The number of ether oxygens (including phenoxy) is 2. The summed E-state index contributed by atoms with van der Waals surface area (Å²) in [6.45, 7) is 0.180. The molecule has 6 nitrogen and oxygen atoms in total. The van der Waals surface area contributed by atoms with Crippen LogP contribution in [0.15, 0.2) is 42.5 Å². The Hall–Kier alpha value is -2.67. The van der Waals surface area contributed by atoms with Crippen molar-refractivity contribution in [1.82, 2.24) is 0 Å². The Labute approximate surface area is 127 Å². The van der Waals surface area contributed by atoms with Crippen LogP contribution in [0.1, 0.15) is 15.9 Å². The van der Waals surface area contributed by atoms with Gasteiger partial charge in [0.25, 0.3) is 0 Å². The normalized spacial score (nSPS) is 12.9. The molecule has 0 aromatic heterocycles. The number of carbonyl (C=O) groups is 1. The van der Waals surface area contributed by atoms with Crippen LogP contribution in [0, 0.1) is 0 Å². The largest absolute Gasteiger partial charge is 0.563 e. The minimum Gasteiger partial charge on any atom is -0.531 e. The van der Waals surface area contributed by atoms with E-state index in [1.807, 2.05) is 30.3 Å². The molecule has 0 saturated carbocycles. The predicted molar refractivity (Wildman–Crippen MR) is 78.3 cm³/mol. The first kappa shape index (κ1) is 14.3. The van der Waals surface area contributed by atoms with Gasteiger partial charge >= 0.3 is 13.1 Å². The Morgan fingerprint density at radius 2 is 2.00 bits per heavy atom. The second-order valence-electron chi connectivity index (χ2n) is 4.73. The van der Waals surface area contributed by atoms with Gasteiger partial charge in [0, 0.05) is 0 Å². The third-order valence-corrected chi connectivity index (χ3v) is 3.17. The molecule has 2 aromatic carbocycles. The van der Waals surface area contributed by atoms with E-state index in [1.165, 1.54) is 6.07 Å². The zero-order chi connectivity index (χ0) is 15.5. The molecule has 0 atom stereocenters. The third kappa shape index (κ3) is 2.84. The van der Waals surface area contributed by atoms with Crippen molar-refractivity contribution in [2.24, 2.45) is 0 Å². The van der Waals surface area contributed by atoms with E-state index in [9.17, 15) is 14.9 Å². The number of aromatic carboxylic acids is 1. The molecule has 1 aliphatic heterocycles. The highest BCUT2D eigenvalue weighted by atomic mass is 16.6. The van der Waals surface area contributed by atoms with Gasteiger partial charge in [0.15, 0.2) is 11.5 Å². The molecule has 7 heteroatoms. The smallest absolute Gasteiger partial charge is 0.531 e. The SMILES string of the molecule is O=C(O)c1c(OCc2ccccc2)ccc2c1OB(O)CO2. The van der Waals surface area contributed by atoms with E-state index in [2.05, 4.69) is 0 Å². The fourth-order valence-electron chi connectivity index (χ4n) is 2.17. The Morgan fingerprint density at radius 1 is 1.23 bits per heavy atom. The molecule has 1 heterocycles. The van der Waals surface area contributed by atoms with E-state index in [0.29, 0.717) is 0 Å². The van der Waals surface area contributed by atoms with Gasteiger partial charge in [-0.3, -0.25) is 0 Å². The fraction of sp³-hybridized carbons (Fsp3) is 0.133. The van der Waals surface area contributed by atoms with E-state index in [-0.39, 0.29) is 35.9 Å². The number of hydrogen-bond donors (Lipinski definition) is 2. The van der Waals surface area contributed by atoms with Crippen LogP contribution in [-0.4, -0.2) is 29.7 Å². The Bertz CT molecular complexity index is 688. The topological polar surface area (TPSA) is 85.2 Å². The lowest BCUT2D eigenvalue weighted by Gasteiger charge is -2.23. The Balaban J connectivity index is 1.91. The average molecular weight is 300 g/mol. The van der Waals surface area contributed by atoms with Crippen LogP contribution in [0.25, 0.3) is 0 Å². The molecule has 2 N–H and O–H groups in total. The summed E-state index contributed by atoms with van der Waals surface area (Å²) in [7, 11) is -1.20. The van der Waals surface area contributed by atoms with E-state index < -0.39 is 13.1 Å². The lowest BCUT2D eigenvalue weighted by atomic mass is 9.91. The van der Waals surface area contributed by atoms with Gasteiger partial charge in [-0.1, -0.05) is 30.3 Å². The molecule has 0 amide bonds. The van der Waals surface area contributed by atoms with Crippen molar-refractivity contribution >= 4 is 13.1 Å². The summed E-state index contributed by atoms with van der Waals surface area (Å²) in [5.41, 5.74) is 0.751. The van der Waals surface area contributed by atoms with Crippen LogP contribution in [0.2, 0.25) is 0 Å². The molecule has 3 rings (SSSR count). The van der Waals surface area contributed by atoms with Crippen molar-refractivity contribution in [3.8, 4) is 17.2 Å². The molecule has 0 bridgehead atoms. The average Bonchev–Trinajstić information content (AvgIpc) is 2.52. The molecular weight excluding hydrogens is 287 g/mol. The molecular formula is C15H13BO6. The monoisotopic (exact) mass is 300 g/mol. The second kappa shape index (κ2) is 5.99. The van der Waals surface area contributed by atoms with Crippen molar-refractivity contribution in [2.75, 3.05) is 6.51 Å². The zero-order valence-corrected chi connectivity index (χ0v) is 11.6. The van der Waals surface area contributed by atoms with Gasteiger partial charge in [-0.05, 0) is 17.7 Å². The van der Waals surface area contributed by atoms with E-state index in [0.717, 1.165) is 5.56 Å². The highest BCUT2D eigenvalue weighted by molar-refractivity contribution is 6.44. The summed E-state index contributed by atoms with van der Waals surface area (Å²) in [4.78, 5) is 11.5. The first-order chi connectivity index (χ1) is 10.6. The van der Waals surface area contributed by atoms with E-state index in [1.54, 1.807) is 6.07 Å². The molecule has 22 heavy (non-hydrogen) atoms. The van der Waals surface area contributed by atoms with E-state index in [4.69, 9.17) is 14.1 Å². The van der Waals surface area contributed by atoms with Crippen LogP contribution < -0.4 is 14.1 Å². The minimum atomic E-state index is -1.21. The third-order valence-electron chi connectivity index (χ3n) is 3.17. The number of rotatable bonds is 4. The zero-order valence-electron chi connectivity index (χ0n) is 11.6. The Morgan fingerprint density at radius 3 is 2.73 bits per heavy atom. The van der Waals surface area contributed by atoms with Crippen LogP contribution in [0.3, 0.4) is 0 Å². The second-order valence-corrected chi connectivity index (χ2v) is 4.73. The molecule has 0 fully saturated rings. The van der Waals surface area contributed by atoms with Gasteiger partial charge < -0.3 is 24.3 Å². The maximum absolute atomic E-state index is 11.5. The maximum Gasteiger partial charge on any atom is 0.563 e. The number of carboxylic acid groups (broad SMARTS) is 1. The summed E-state index contributed by atoms with van der Waals surface area (Å²) in [5, 5.41) is 18.9. The highest BCUT2D eigenvalue weighted by Crippen LogP contribution is 2.40.